The Morgan fingerprint density at radius 2 is 2.11 bits per heavy atom. The van der Waals surface area contributed by atoms with Crippen molar-refractivity contribution in [1.82, 2.24) is 4.72 Å². The summed E-state index contributed by atoms with van der Waals surface area (Å²) in [6.07, 6.45) is 0.909. The second-order valence-electron chi connectivity index (χ2n) is 4.49. The number of nitrogens with one attached hydrogen (secondary N) is 1. The summed E-state index contributed by atoms with van der Waals surface area (Å²) in [5.74, 6) is 0.947. The van der Waals surface area contributed by atoms with E-state index in [-0.39, 0.29) is 10.8 Å². The lowest BCUT2D eigenvalue weighted by Gasteiger charge is -2.10. The minimum absolute atomic E-state index is 0.259. The van der Waals surface area contributed by atoms with Gasteiger partial charge in [0.05, 0.1) is 18.1 Å². The molecular formula is C13H19NO4S. The van der Waals surface area contributed by atoms with E-state index in [0.29, 0.717) is 25.5 Å². The van der Waals surface area contributed by atoms with Crippen molar-refractivity contribution in [3.63, 3.8) is 0 Å². The summed E-state index contributed by atoms with van der Waals surface area (Å²) in [4.78, 5) is 0.259. The molecule has 1 fully saturated rings. The molecule has 106 valence electrons. The van der Waals surface area contributed by atoms with Crippen molar-refractivity contribution in [1.29, 1.82) is 0 Å². The van der Waals surface area contributed by atoms with E-state index < -0.39 is 10.0 Å². The van der Waals surface area contributed by atoms with Crippen LogP contribution in [0.2, 0.25) is 0 Å². The Kier molecular flexibility index (Phi) is 4.79. The second kappa shape index (κ2) is 6.36. The number of benzene rings is 1. The molecule has 1 aromatic carbocycles. The fourth-order valence-electron chi connectivity index (χ4n) is 1.94. The van der Waals surface area contributed by atoms with E-state index in [0.717, 1.165) is 13.0 Å². The molecule has 1 N–H and O–H groups in total. The average Bonchev–Trinajstić information content (AvgIpc) is 2.91. The quantitative estimate of drug-likeness (QED) is 0.858. The Morgan fingerprint density at radius 3 is 2.68 bits per heavy atom. The normalized spacial score (nSPS) is 19.5. The summed E-state index contributed by atoms with van der Waals surface area (Å²) >= 11 is 0. The van der Waals surface area contributed by atoms with Crippen LogP contribution in [0.4, 0.5) is 0 Å². The number of rotatable bonds is 6. The van der Waals surface area contributed by atoms with Crippen molar-refractivity contribution < 1.29 is 17.9 Å². The highest BCUT2D eigenvalue weighted by atomic mass is 32.2. The maximum Gasteiger partial charge on any atom is 0.240 e. The van der Waals surface area contributed by atoms with Crippen LogP contribution in [-0.2, 0) is 14.8 Å². The molecule has 0 amide bonds. The predicted octanol–water partition coefficient (Wildman–Crippen LogP) is 1.40. The first-order valence-electron chi connectivity index (χ1n) is 6.42. The second-order valence-corrected chi connectivity index (χ2v) is 6.25. The first-order chi connectivity index (χ1) is 9.12. The van der Waals surface area contributed by atoms with E-state index in [1.807, 2.05) is 6.92 Å². The van der Waals surface area contributed by atoms with E-state index in [4.69, 9.17) is 9.47 Å². The van der Waals surface area contributed by atoms with Gasteiger partial charge in [0.1, 0.15) is 5.75 Å². The van der Waals surface area contributed by atoms with Crippen LogP contribution in [-0.4, -0.2) is 34.8 Å². The van der Waals surface area contributed by atoms with Gasteiger partial charge in [-0.15, -0.1) is 0 Å². The molecule has 1 saturated heterocycles. The van der Waals surface area contributed by atoms with Crippen LogP contribution in [0.1, 0.15) is 13.3 Å². The Bertz CT molecular complexity index is 492. The van der Waals surface area contributed by atoms with Gasteiger partial charge < -0.3 is 9.47 Å². The zero-order chi connectivity index (χ0) is 13.7. The van der Waals surface area contributed by atoms with Gasteiger partial charge in [-0.2, -0.15) is 0 Å². The fourth-order valence-corrected chi connectivity index (χ4v) is 3.05. The van der Waals surface area contributed by atoms with Crippen molar-refractivity contribution in [3.05, 3.63) is 24.3 Å². The summed E-state index contributed by atoms with van der Waals surface area (Å²) in [6, 6.07) is 6.43. The molecule has 1 atom stereocenters. The van der Waals surface area contributed by atoms with Gasteiger partial charge in [0, 0.05) is 13.2 Å². The molecule has 5 nitrogen and oxygen atoms in total. The molecule has 1 heterocycles. The maximum atomic E-state index is 12.1. The fraction of sp³-hybridized carbons (Fsp3) is 0.538. The Balaban J connectivity index is 1.97. The van der Waals surface area contributed by atoms with E-state index in [1.165, 1.54) is 0 Å². The standard InChI is InChI=1S/C13H19NO4S/c1-2-18-12-3-5-13(6-4-12)19(15,16)14-9-11-7-8-17-10-11/h3-6,11,14H,2,7-10H2,1H3/t11-/m0/s1. The maximum absolute atomic E-state index is 12.1. The average molecular weight is 285 g/mol. The van der Waals surface area contributed by atoms with Gasteiger partial charge in [0.25, 0.3) is 0 Å². The van der Waals surface area contributed by atoms with Crippen molar-refractivity contribution >= 4 is 10.0 Å². The smallest absolute Gasteiger partial charge is 0.240 e. The third-order valence-corrected chi connectivity index (χ3v) is 4.47. The lowest BCUT2D eigenvalue weighted by molar-refractivity contribution is 0.186. The van der Waals surface area contributed by atoms with Crippen molar-refractivity contribution in [2.45, 2.75) is 18.2 Å². The van der Waals surface area contributed by atoms with Crippen LogP contribution in [0.25, 0.3) is 0 Å². The van der Waals surface area contributed by atoms with Gasteiger partial charge >= 0.3 is 0 Å². The number of hydrogen-bond donors (Lipinski definition) is 1. The Labute approximate surface area is 114 Å². The van der Waals surface area contributed by atoms with Crippen LogP contribution < -0.4 is 9.46 Å². The molecule has 6 heteroatoms. The van der Waals surface area contributed by atoms with Crippen LogP contribution >= 0.6 is 0 Å². The largest absolute Gasteiger partial charge is 0.494 e. The topological polar surface area (TPSA) is 64.6 Å². The molecule has 19 heavy (non-hydrogen) atoms. The number of ether oxygens (including phenoxy) is 2. The molecule has 1 aliphatic rings. The molecule has 0 aromatic heterocycles. The predicted molar refractivity (Wildman–Crippen MR) is 71.7 cm³/mol. The zero-order valence-corrected chi connectivity index (χ0v) is 11.8. The first kappa shape index (κ1) is 14.3. The molecule has 0 radical (unpaired) electrons. The van der Waals surface area contributed by atoms with Crippen molar-refractivity contribution in [2.75, 3.05) is 26.4 Å². The highest BCUT2D eigenvalue weighted by molar-refractivity contribution is 7.89. The molecule has 2 rings (SSSR count). The summed E-state index contributed by atoms with van der Waals surface area (Å²) in [5, 5.41) is 0. The molecule has 1 aliphatic heterocycles. The minimum atomic E-state index is -3.44. The molecule has 1 aromatic rings. The van der Waals surface area contributed by atoms with E-state index in [2.05, 4.69) is 4.72 Å². The SMILES string of the molecule is CCOc1ccc(S(=O)(=O)NC[C@@H]2CCOC2)cc1. The Morgan fingerprint density at radius 1 is 1.37 bits per heavy atom. The highest BCUT2D eigenvalue weighted by Crippen LogP contribution is 2.17. The van der Waals surface area contributed by atoms with Crippen LogP contribution in [0.5, 0.6) is 5.75 Å². The van der Waals surface area contributed by atoms with E-state index >= 15 is 0 Å². The molecule has 0 unspecified atom stereocenters. The van der Waals surface area contributed by atoms with Crippen molar-refractivity contribution in [3.8, 4) is 5.75 Å². The van der Waals surface area contributed by atoms with Gasteiger partial charge in [-0.25, -0.2) is 13.1 Å². The van der Waals surface area contributed by atoms with Gasteiger partial charge in [0.15, 0.2) is 0 Å². The first-order valence-corrected chi connectivity index (χ1v) is 7.90. The van der Waals surface area contributed by atoms with Gasteiger partial charge in [-0.1, -0.05) is 0 Å². The summed E-state index contributed by atoms with van der Waals surface area (Å²) < 4.78 is 37.3. The zero-order valence-electron chi connectivity index (χ0n) is 11.0. The number of sulfonamides is 1. The molecular weight excluding hydrogens is 266 g/mol. The van der Waals surface area contributed by atoms with Gasteiger partial charge in [-0.05, 0) is 43.5 Å². The third-order valence-electron chi connectivity index (χ3n) is 3.03. The Hall–Kier alpha value is -1.11. The van der Waals surface area contributed by atoms with Gasteiger partial charge in [-0.3, -0.25) is 0 Å². The highest BCUT2D eigenvalue weighted by Gasteiger charge is 2.20. The molecule has 0 saturated carbocycles. The van der Waals surface area contributed by atoms with Crippen LogP contribution in [0, 0.1) is 5.92 Å². The van der Waals surface area contributed by atoms with E-state index in [1.54, 1.807) is 24.3 Å². The summed E-state index contributed by atoms with van der Waals surface area (Å²) in [7, 11) is -3.44. The van der Waals surface area contributed by atoms with Crippen molar-refractivity contribution in [2.24, 2.45) is 5.92 Å². The lowest BCUT2D eigenvalue weighted by atomic mass is 10.1. The molecule has 0 bridgehead atoms. The minimum Gasteiger partial charge on any atom is -0.494 e. The summed E-state index contributed by atoms with van der Waals surface area (Å²) in [6.45, 7) is 4.22. The third kappa shape index (κ3) is 3.92. The summed E-state index contributed by atoms with van der Waals surface area (Å²) in [5.41, 5.74) is 0. The van der Waals surface area contributed by atoms with E-state index in [9.17, 15) is 8.42 Å². The van der Waals surface area contributed by atoms with Crippen LogP contribution in [0.3, 0.4) is 0 Å². The van der Waals surface area contributed by atoms with Gasteiger partial charge in [0.2, 0.25) is 10.0 Å². The lowest BCUT2D eigenvalue weighted by Crippen LogP contribution is -2.29. The molecule has 0 aliphatic carbocycles. The monoisotopic (exact) mass is 285 g/mol. The van der Waals surface area contributed by atoms with Crippen LogP contribution in [0.15, 0.2) is 29.2 Å². The number of hydrogen-bond acceptors (Lipinski definition) is 4. The molecule has 0 spiro atoms.